The van der Waals surface area contributed by atoms with Crippen LogP contribution in [0.4, 0.5) is 0 Å². The highest BCUT2D eigenvalue weighted by atomic mass is 79.9. The quantitative estimate of drug-likeness (QED) is 0.406. The fourth-order valence-electron chi connectivity index (χ4n) is 3.68. The smallest absolute Gasteiger partial charge is 0.251 e. The number of halogens is 1. The summed E-state index contributed by atoms with van der Waals surface area (Å²) in [6.07, 6.45) is 4.18. The number of nitriles is 1. The number of nitrogens with one attached hydrogen (secondary N) is 2. The Hall–Kier alpha value is -3.57. The molecule has 1 unspecified atom stereocenters. The van der Waals surface area contributed by atoms with Crippen LogP contribution in [0, 0.1) is 18.3 Å². The van der Waals surface area contributed by atoms with Crippen LogP contribution >= 0.6 is 15.9 Å². The Kier molecular flexibility index (Phi) is 6.28. The van der Waals surface area contributed by atoms with Gasteiger partial charge in [-0.3, -0.25) is 19.9 Å². The standard InChI is InChI=1S/C24H21BrN6O/c1-3-18(23-20-6-4-15(10-26)8-22(20)30-31-23)19-7-5-16(9-21(19)25)24(32)29-13-17-12-27-14(2)11-28-17/h4-9,11-12,18H,3,13H2,1-2H3,(H,29,32)(H,30,31). The van der Waals surface area contributed by atoms with Crippen molar-refractivity contribution in [2.45, 2.75) is 32.7 Å². The molecule has 2 N–H and O–H groups in total. The van der Waals surface area contributed by atoms with Gasteiger partial charge in [-0.05, 0) is 49.2 Å². The van der Waals surface area contributed by atoms with Crippen molar-refractivity contribution in [1.29, 1.82) is 5.26 Å². The van der Waals surface area contributed by atoms with E-state index in [-0.39, 0.29) is 11.8 Å². The average molecular weight is 489 g/mol. The third kappa shape index (κ3) is 4.39. The number of carbonyl (C=O) groups excluding carboxylic acids is 1. The predicted octanol–water partition coefficient (Wildman–Crippen LogP) is 4.77. The minimum absolute atomic E-state index is 0.0576. The van der Waals surface area contributed by atoms with E-state index in [1.165, 1.54) is 0 Å². The molecule has 160 valence electrons. The largest absolute Gasteiger partial charge is 0.346 e. The first kappa shape index (κ1) is 21.7. The Labute approximate surface area is 194 Å². The number of nitrogens with zero attached hydrogens (tertiary/aromatic N) is 4. The minimum Gasteiger partial charge on any atom is -0.346 e. The number of hydrogen-bond donors (Lipinski definition) is 2. The molecular formula is C24H21BrN6O. The summed E-state index contributed by atoms with van der Waals surface area (Å²) >= 11 is 3.65. The van der Waals surface area contributed by atoms with Crippen LogP contribution < -0.4 is 5.32 Å². The summed E-state index contributed by atoms with van der Waals surface area (Å²) in [6, 6.07) is 13.3. The number of benzene rings is 2. The number of aromatic amines is 1. The average Bonchev–Trinajstić information content (AvgIpc) is 3.23. The molecule has 2 aromatic carbocycles. The second-order valence-corrected chi connectivity index (χ2v) is 8.36. The Bertz CT molecular complexity index is 1320. The molecule has 7 nitrogen and oxygen atoms in total. The van der Waals surface area contributed by atoms with Gasteiger partial charge in [0.05, 0.1) is 47.0 Å². The summed E-state index contributed by atoms with van der Waals surface area (Å²) in [5.74, 6) is -0.119. The van der Waals surface area contributed by atoms with E-state index in [0.29, 0.717) is 23.4 Å². The van der Waals surface area contributed by atoms with Crippen LogP contribution in [-0.2, 0) is 6.54 Å². The van der Waals surface area contributed by atoms with E-state index in [1.807, 2.05) is 31.2 Å². The minimum atomic E-state index is -0.177. The number of rotatable bonds is 6. The summed E-state index contributed by atoms with van der Waals surface area (Å²) in [7, 11) is 0. The highest BCUT2D eigenvalue weighted by Crippen LogP contribution is 2.36. The maximum atomic E-state index is 12.6. The molecule has 8 heteroatoms. The molecule has 0 radical (unpaired) electrons. The van der Waals surface area contributed by atoms with Crippen LogP contribution in [0.25, 0.3) is 10.9 Å². The van der Waals surface area contributed by atoms with Crippen LogP contribution in [0.5, 0.6) is 0 Å². The normalized spacial score (nSPS) is 11.8. The number of fused-ring (bicyclic) bond motifs is 1. The molecule has 0 spiro atoms. The number of H-pyrrole nitrogens is 1. The molecule has 0 saturated heterocycles. The van der Waals surface area contributed by atoms with Crippen LogP contribution in [0.2, 0.25) is 0 Å². The summed E-state index contributed by atoms with van der Waals surface area (Å²) in [5.41, 5.74) is 5.49. The van der Waals surface area contributed by atoms with E-state index >= 15 is 0 Å². The predicted molar refractivity (Wildman–Crippen MR) is 125 cm³/mol. The summed E-state index contributed by atoms with van der Waals surface area (Å²) in [6.45, 7) is 4.29. The first-order valence-electron chi connectivity index (χ1n) is 10.2. The second kappa shape index (κ2) is 9.28. The van der Waals surface area contributed by atoms with Gasteiger partial charge in [0, 0.05) is 27.5 Å². The molecule has 0 aliphatic heterocycles. The second-order valence-electron chi connectivity index (χ2n) is 7.51. The molecule has 4 rings (SSSR count). The topological polar surface area (TPSA) is 107 Å². The fraction of sp³-hybridized carbons (Fsp3) is 0.208. The van der Waals surface area contributed by atoms with Crippen molar-refractivity contribution in [3.8, 4) is 6.07 Å². The van der Waals surface area contributed by atoms with Gasteiger partial charge >= 0.3 is 0 Å². The van der Waals surface area contributed by atoms with Crippen LogP contribution in [-0.4, -0.2) is 26.1 Å². The first-order valence-corrected chi connectivity index (χ1v) is 11.0. The summed E-state index contributed by atoms with van der Waals surface area (Å²) in [5, 5.41) is 20.5. The lowest BCUT2D eigenvalue weighted by Crippen LogP contribution is -2.23. The van der Waals surface area contributed by atoms with E-state index in [4.69, 9.17) is 5.26 Å². The molecule has 32 heavy (non-hydrogen) atoms. The number of amides is 1. The van der Waals surface area contributed by atoms with Crippen molar-refractivity contribution in [3.05, 3.63) is 87.0 Å². The molecule has 0 bridgehead atoms. The number of aromatic nitrogens is 4. The van der Waals surface area contributed by atoms with Crippen LogP contribution in [0.3, 0.4) is 0 Å². The molecule has 1 atom stereocenters. The third-order valence-electron chi connectivity index (χ3n) is 5.37. The van der Waals surface area contributed by atoms with Gasteiger partial charge in [-0.25, -0.2) is 0 Å². The van der Waals surface area contributed by atoms with E-state index in [1.54, 1.807) is 24.5 Å². The lowest BCUT2D eigenvalue weighted by molar-refractivity contribution is 0.0950. The van der Waals surface area contributed by atoms with Crippen molar-refractivity contribution < 1.29 is 4.79 Å². The van der Waals surface area contributed by atoms with Gasteiger partial charge in [0.15, 0.2) is 0 Å². The fourth-order valence-corrected chi connectivity index (χ4v) is 4.34. The lowest BCUT2D eigenvalue weighted by Gasteiger charge is -2.17. The first-order chi connectivity index (χ1) is 15.5. The zero-order valence-corrected chi connectivity index (χ0v) is 19.3. The van der Waals surface area contributed by atoms with Gasteiger partial charge in [0.2, 0.25) is 0 Å². The maximum absolute atomic E-state index is 12.6. The molecule has 2 aromatic heterocycles. The number of carbonyl (C=O) groups is 1. The van der Waals surface area contributed by atoms with Gasteiger partial charge in [0.1, 0.15) is 0 Å². The lowest BCUT2D eigenvalue weighted by atomic mass is 9.90. The van der Waals surface area contributed by atoms with Crippen molar-refractivity contribution in [3.63, 3.8) is 0 Å². The monoisotopic (exact) mass is 488 g/mol. The number of aryl methyl sites for hydroxylation is 1. The molecule has 4 aromatic rings. The summed E-state index contributed by atoms with van der Waals surface area (Å²) < 4.78 is 0.850. The molecule has 0 saturated carbocycles. The van der Waals surface area contributed by atoms with Gasteiger partial charge in [0.25, 0.3) is 5.91 Å². The van der Waals surface area contributed by atoms with E-state index in [9.17, 15) is 4.79 Å². The van der Waals surface area contributed by atoms with E-state index in [2.05, 4.69) is 54.4 Å². The molecule has 0 fully saturated rings. The zero-order valence-electron chi connectivity index (χ0n) is 17.7. The molecule has 0 aliphatic carbocycles. The summed E-state index contributed by atoms with van der Waals surface area (Å²) in [4.78, 5) is 21.1. The van der Waals surface area contributed by atoms with Crippen molar-refractivity contribution in [2.24, 2.45) is 0 Å². The zero-order chi connectivity index (χ0) is 22.7. The Morgan fingerprint density at radius 1 is 1.22 bits per heavy atom. The maximum Gasteiger partial charge on any atom is 0.251 e. The van der Waals surface area contributed by atoms with E-state index in [0.717, 1.165) is 38.7 Å². The molecule has 0 aliphatic rings. The van der Waals surface area contributed by atoms with Gasteiger partial charge in [-0.1, -0.05) is 28.9 Å². The number of hydrogen-bond acceptors (Lipinski definition) is 5. The Morgan fingerprint density at radius 2 is 2.06 bits per heavy atom. The van der Waals surface area contributed by atoms with Crippen LogP contribution in [0.1, 0.15) is 57.8 Å². The third-order valence-corrected chi connectivity index (χ3v) is 6.06. The van der Waals surface area contributed by atoms with Crippen LogP contribution in [0.15, 0.2) is 53.3 Å². The molecular weight excluding hydrogens is 468 g/mol. The molecule has 1 amide bonds. The Balaban J connectivity index is 1.56. The highest BCUT2D eigenvalue weighted by Gasteiger charge is 2.21. The SMILES string of the molecule is CCC(c1ccc(C(=O)NCc2cnc(C)cn2)cc1Br)c1[nH]nc2cc(C#N)ccc12. The van der Waals surface area contributed by atoms with Crippen molar-refractivity contribution in [2.75, 3.05) is 0 Å². The van der Waals surface area contributed by atoms with Gasteiger partial charge in [-0.2, -0.15) is 10.4 Å². The van der Waals surface area contributed by atoms with Gasteiger partial charge < -0.3 is 5.32 Å². The van der Waals surface area contributed by atoms with Crippen molar-refractivity contribution >= 4 is 32.7 Å². The molecule has 2 heterocycles. The van der Waals surface area contributed by atoms with Crippen molar-refractivity contribution in [1.82, 2.24) is 25.5 Å². The Morgan fingerprint density at radius 3 is 2.75 bits per heavy atom. The highest BCUT2D eigenvalue weighted by molar-refractivity contribution is 9.10. The van der Waals surface area contributed by atoms with E-state index < -0.39 is 0 Å². The van der Waals surface area contributed by atoms with Gasteiger partial charge in [-0.15, -0.1) is 0 Å².